The number of fused-ring (bicyclic) bond motifs is 1. The molecule has 0 aliphatic rings. The van der Waals surface area contributed by atoms with E-state index >= 15 is 0 Å². The van der Waals surface area contributed by atoms with Crippen LogP contribution in [0.1, 0.15) is 5.56 Å². The third-order valence-corrected chi connectivity index (χ3v) is 4.15. The third kappa shape index (κ3) is 2.62. The summed E-state index contributed by atoms with van der Waals surface area (Å²) in [7, 11) is 0. The lowest BCUT2D eigenvalue weighted by Crippen LogP contribution is -1.92. The van der Waals surface area contributed by atoms with Crippen molar-refractivity contribution in [2.24, 2.45) is 0 Å². The summed E-state index contributed by atoms with van der Waals surface area (Å²) in [4.78, 5) is 14.1. The second kappa shape index (κ2) is 5.38. The Kier molecular flexibility index (Phi) is 3.58. The summed E-state index contributed by atoms with van der Waals surface area (Å²) in [5.74, 6) is 0. The summed E-state index contributed by atoms with van der Waals surface area (Å²) in [6, 6.07) is 5.80. The Morgan fingerprint density at radius 2 is 1.85 bits per heavy atom. The second-order valence-electron chi connectivity index (χ2n) is 4.35. The van der Waals surface area contributed by atoms with Crippen LogP contribution < -0.4 is 5.73 Å². The van der Waals surface area contributed by atoms with Gasteiger partial charge in [-0.15, -0.1) is 0 Å². The van der Waals surface area contributed by atoms with E-state index in [4.69, 9.17) is 5.73 Å². The maximum absolute atomic E-state index is 6.01. The SMILES string of the molecule is Cc1cnc(Sc2ccc(N)c3cc(Br)cnc23)nc1. The average molecular weight is 347 g/mol. The fourth-order valence-electron chi connectivity index (χ4n) is 1.80. The number of halogens is 1. The van der Waals surface area contributed by atoms with Crippen molar-refractivity contribution in [3.05, 3.63) is 46.8 Å². The lowest BCUT2D eigenvalue weighted by molar-refractivity contribution is 0.950. The maximum Gasteiger partial charge on any atom is 0.192 e. The standard InChI is InChI=1S/C14H11BrN4S/c1-8-5-18-14(19-6-8)20-12-3-2-11(16)10-4-9(15)7-17-13(10)12/h2-7H,16H2,1H3. The molecule has 0 amide bonds. The Balaban J connectivity index is 2.08. The fraction of sp³-hybridized carbons (Fsp3) is 0.0714. The Bertz CT molecular complexity index is 774. The number of anilines is 1. The van der Waals surface area contributed by atoms with E-state index in [0.29, 0.717) is 10.8 Å². The van der Waals surface area contributed by atoms with Gasteiger partial charge in [0.1, 0.15) is 0 Å². The summed E-state index contributed by atoms with van der Waals surface area (Å²) < 4.78 is 0.908. The van der Waals surface area contributed by atoms with Crippen LogP contribution in [-0.4, -0.2) is 15.0 Å². The minimum Gasteiger partial charge on any atom is -0.398 e. The Labute approximate surface area is 129 Å². The van der Waals surface area contributed by atoms with Crippen molar-refractivity contribution < 1.29 is 0 Å². The van der Waals surface area contributed by atoms with Crippen molar-refractivity contribution in [2.75, 3.05) is 5.73 Å². The number of hydrogen-bond acceptors (Lipinski definition) is 5. The number of aryl methyl sites for hydroxylation is 1. The summed E-state index contributed by atoms with van der Waals surface area (Å²) in [5, 5.41) is 1.63. The molecule has 0 aliphatic carbocycles. The zero-order chi connectivity index (χ0) is 14.1. The summed E-state index contributed by atoms with van der Waals surface area (Å²) >= 11 is 4.90. The molecule has 0 fully saturated rings. The average Bonchev–Trinajstić information content (AvgIpc) is 2.44. The van der Waals surface area contributed by atoms with Crippen molar-refractivity contribution in [1.29, 1.82) is 0 Å². The van der Waals surface area contributed by atoms with Crippen molar-refractivity contribution in [3.63, 3.8) is 0 Å². The molecule has 0 spiro atoms. The van der Waals surface area contributed by atoms with Crippen LogP contribution in [0.2, 0.25) is 0 Å². The molecule has 4 nitrogen and oxygen atoms in total. The van der Waals surface area contributed by atoms with Crippen LogP contribution >= 0.6 is 27.7 Å². The predicted molar refractivity (Wildman–Crippen MR) is 84.7 cm³/mol. The first-order valence-corrected chi connectivity index (χ1v) is 7.54. The van der Waals surface area contributed by atoms with Gasteiger partial charge < -0.3 is 5.73 Å². The Hall–Kier alpha value is -1.66. The molecule has 6 heteroatoms. The molecule has 3 rings (SSSR count). The third-order valence-electron chi connectivity index (χ3n) is 2.77. The van der Waals surface area contributed by atoms with Crippen LogP contribution in [0.5, 0.6) is 0 Å². The number of nitrogens with zero attached hydrogens (tertiary/aromatic N) is 3. The molecule has 0 bridgehead atoms. The molecule has 0 aliphatic heterocycles. The molecule has 2 heterocycles. The van der Waals surface area contributed by atoms with E-state index in [1.54, 1.807) is 18.6 Å². The topological polar surface area (TPSA) is 64.7 Å². The molecule has 2 aromatic heterocycles. The van der Waals surface area contributed by atoms with Crippen LogP contribution in [0.25, 0.3) is 10.9 Å². The van der Waals surface area contributed by atoms with Gasteiger partial charge in [-0.25, -0.2) is 9.97 Å². The van der Waals surface area contributed by atoms with Crippen molar-refractivity contribution in [2.45, 2.75) is 17.0 Å². The Morgan fingerprint density at radius 3 is 2.60 bits per heavy atom. The maximum atomic E-state index is 6.01. The molecule has 20 heavy (non-hydrogen) atoms. The highest BCUT2D eigenvalue weighted by Gasteiger charge is 2.09. The van der Waals surface area contributed by atoms with Gasteiger partial charge in [-0.2, -0.15) is 0 Å². The van der Waals surface area contributed by atoms with Crippen LogP contribution in [0.15, 0.2) is 51.3 Å². The first-order valence-electron chi connectivity index (χ1n) is 5.94. The van der Waals surface area contributed by atoms with Crippen LogP contribution in [0.4, 0.5) is 5.69 Å². The molecular formula is C14H11BrN4S. The smallest absolute Gasteiger partial charge is 0.192 e. The molecule has 0 saturated heterocycles. The monoisotopic (exact) mass is 346 g/mol. The fourth-order valence-corrected chi connectivity index (χ4v) is 2.94. The zero-order valence-electron chi connectivity index (χ0n) is 10.7. The largest absolute Gasteiger partial charge is 0.398 e. The molecule has 100 valence electrons. The number of nitrogens with two attached hydrogens (primary N) is 1. The molecule has 2 N–H and O–H groups in total. The van der Waals surface area contributed by atoms with E-state index < -0.39 is 0 Å². The van der Waals surface area contributed by atoms with Gasteiger partial charge >= 0.3 is 0 Å². The van der Waals surface area contributed by atoms with E-state index in [0.717, 1.165) is 25.8 Å². The number of hydrogen-bond donors (Lipinski definition) is 1. The molecule has 3 aromatic rings. The highest BCUT2D eigenvalue weighted by molar-refractivity contribution is 9.10. The minimum absolute atomic E-state index is 0.700. The van der Waals surface area contributed by atoms with Crippen molar-refractivity contribution in [3.8, 4) is 0 Å². The lowest BCUT2D eigenvalue weighted by atomic mass is 10.2. The van der Waals surface area contributed by atoms with E-state index in [-0.39, 0.29) is 0 Å². The van der Waals surface area contributed by atoms with Gasteiger partial charge in [-0.3, -0.25) is 4.98 Å². The first-order chi connectivity index (χ1) is 9.63. The van der Waals surface area contributed by atoms with Crippen LogP contribution in [0.3, 0.4) is 0 Å². The predicted octanol–water partition coefficient (Wildman–Crippen LogP) is 3.83. The highest BCUT2D eigenvalue weighted by atomic mass is 79.9. The molecular weight excluding hydrogens is 336 g/mol. The minimum atomic E-state index is 0.700. The molecule has 0 saturated carbocycles. The van der Waals surface area contributed by atoms with E-state index in [9.17, 15) is 0 Å². The van der Waals surface area contributed by atoms with Gasteiger partial charge in [0.2, 0.25) is 0 Å². The highest BCUT2D eigenvalue weighted by Crippen LogP contribution is 2.34. The van der Waals surface area contributed by atoms with Gasteiger partial charge in [-0.05, 0) is 58.4 Å². The van der Waals surface area contributed by atoms with Crippen LogP contribution in [-0.2, 0) is 0 Å². The number of benzene rings is 1. The summed E-state index contributed by atoms with van der Waals surface area (Å²) in [5.41, 5.74) is 8.62. The number of rotatable bonds is 2. The summed E-state index contributed by atoms with van der Waals surface area (Å²) in [6.45, 7) is 1.96. The zero-order valence-corrected chi connectivity index (χ0v) is 13.1. The van der Waals surface area contributed by atoms with E-state index in [2.05, 4.69) is 30.9 Å². The normalized spacial score (nSPS) is 10.9. The molecule has 0 unspecified atom stereocenters. The number of aromatic nitrogens is 3. The van der Waals surface area contributed by atoms with Gasteiger partial charge in [0.25, 0.3) is 0 Å². The second-order valence-corrected chi connectivity index (χ2v) is 6.27. The van der Waals surface area contributed by atoms with Crippen molar-refractivity contribution >= 4 is 44.3 Å². The van der Waals surface area contributed by atoms with Crippen molar-refractivity contribution in [1.82, 2.24) is 15.0 Å². The van der Waals surface area contributed by atoms with Gasteiger partial charge in [0.15, 0.2) is 5.16 Å². The van der Waals surface area contributed by atoms with E-state index in [1.165, 1.54) is 11.8 Å². The van der Waals surface area contributed by atoms with Gasteiger partial charge in [-0.1, -0.05) is 0 Å². The Morgan fingerprint density at radius 1 is 1.10 bits per heavy atom. The quantitative estimate of drug-likeness (QED) is 0.564. The molecule has 1 aromatic carbocycles. The number of nitrogen functional groups attached to an aromatic ring is 1. The first kappa shape index (κ1) is 13.3. The van der Waals surface area contributed by atoms with Gasteiger partial charge in [0.05, 0.1) is 5.52 Å². The molecule has 0 atom stereocenters. The van der Waals surface area contributed by atoms with Gasteiger partial charge in [0, 0.05) is 39.0 Å². The van der Waals surface area contributed by atoms with Crippen LogP contribution in [0, 0.1) is 6.92 Å². The lowest BCUT2D eigenvalue weighted by Gasteiger charge is -2.07. The number of pyridine rings is 1. The van der Waals surface area contributed by atoms with E-state index in [1.807, 2.05) is 25.1 Å². The molecule has 0 radical (unpaired) electrons. The summed E-state index contributed by atoms with van der Waals surface area (Å²) in [6.07, 6.45) is 5.37.